The van der Waals surface area contributed by atoms with Gasteiger partial charge in [0.2, 0.25) is 0 Å². The normalized spacial score (nSPS) is 11.2. The van der Waals surface area contributed by atoms with Crippen molar-refractivity contribution in [3.63, 3.8) is 0 Å². The summed E-state index contributed by atoms with van der Waals surface area (Å²) in [6.45, 7) is 9.01. The summed E-state index contributed by atoms with van der Waals surface area (Å²) >= 11 is 0. The number of aryl methyl sites for hydroxylation is 1. The van der Waals surface area contributed by atoms with E-state index in [1.807, 2.05) is 35.3 Å². The predicted octanol–water partition coefficient (Wildman–Crippen LogP) is 2.27. The van der Waals surface area contributed by atoms with E-state index in [1.165, 1.54) is 5.56 Å². The first-order valence-corrected chi connectivity index (χ1v) is 6.72. The largest absolute Gasteiger partial charge is 0.369 e. The molecule has 6 heteroatoms. The zero-order valence-corrected chi connectivity index (χ0v) is 12.2. The molecule has 0 aromatic carbocycles. The SMILES string of the molecule is CCNc1cn2ccnc2c(-n2nc(C)c(C)c2C)n1. The quantitative estimate of drug-likeness (QED) is 0.793. The number of hydrogen-bond acceptors (Lipinski definition) is 4. The fraction of sp³-hybridized carbons (Fsp3) is 0.357. The molecule has 0 bridgehead atoms. The molecule has 0 saturated carbocycles. The van der Waals surface area contributed by atoms with Gasteiger partial charge in [0.25, 0.3) is 0 Å². The van der Waals surface area contributed by atoms with E-state index < -0.39 is 0 Å². The molecule has 104 valence electrons. The summed E-state index contributed by atoms with van der Waals surface area (Å²) in [4.78, 5) is 9.04. The van der Waals surface area contributed by atoms with Crippen LogP contribution in [0.25, 0.3) is 11.5 Å². The molecule has 0 spiro atoms. The molecule has 20 heavy (non-hydrogen) atoms. The second kappa shape index (κ2) is 4.63. The van der Waals surface area contributed by atoms with E-state index in [2.05, 4.69) is 34.2 Å². The lowest BCUT2D eigenvalue weighted by atomic mass is 10.2. The maximum Gasteiger partial charge on any atom is 0.199 e. The molecule has 1 N–H and O–H groups in total. The van der Waals surface area contributed by atoms with Gasteiger partial charge in [-0.25, -0.2) is 14.6 Å². The van der Waals surface area contributed by atoms with E-state index in [1.54, 1.807) is 6.20 Å². The van der Waals surface area contributed by atoms with Gasteiger partial charge >= 0.3 is 0 Å². The Morgan fingerprint density at radius 2 is 2.05 bits per heavy atom. The lowest BCUT2D eigenvalue weighted by Gasteiger charge is -2.09. The molecular weight excluding hydrogens is 252 g/mol. The smallest absolute Gasteiger partial charge is 0.199 e. The van der Waals surface area contributed by atoms with E-state index in [9.17, 15) is 0 Å². The maximum atomic E-state index is 4.65. The van der Waals surface area contributed by atoms with Gasteiger partial charge in [0.15, 0.2) is 11.5 Å². The number of hydrogen-bond donors (Lipinski definition) is 1. The van der Waals surface area contributed by atoms with Gasteiger partial charge in [0.05, 0.1) is 11.9 Å². The first kappa shape index (κ1) is 12.7. The molecule has 0 atom stereocenters. The lowest BCUT2D eigenvalue weighted by Crippen LogP contribution is -2.09. The van der Waals surface area contributed by atoms with Gasteiger partial charge in [-0.2, -0.15) is 5.10 Å². The van der Waals surface area contributed by atoms with E-state index in [0.29, 0.717) is 0 Å². The number of nitrogens with one attached hydrogen (secondary N) is 1. The van der Waals surface area contributed by atoms with Gasteiger partial charge in [0.1, 0.15) is 5.82 Å². The highest BCUT2D eigenvalue weighted by molar-refractivity contribution is 5.58. The second-order valence-electron chi connectivity index (χ2n) is 4.85. The number of fused-ring (bicyclic) bond motifs is 1. The highest BCUT2D eigenvalue weighted by Gasteiger charge is 2.15. The summed E-state index contributed by atoms with van der Waals surface area (Å²) in [6.07, 6.45) is 5.63. The van der Waals surface area contributed by atoms with Crippen molar-refractivity contribution in [1.82, 2.24) is 24.1 Å². The van der Waals surface area contributed by atoms with Crippen LogP contribution in [-0.2, 0) is 0 Å². The highest BCUT2D eigenvalue weighted by Crippen LogP contribution is 2.20. The van der Waals surface area contributed by atoms with Crippen molar-refractivity contribution in [2.45, 2.75) is 27.7 Å². The molecule has 0 aliphatic rings. The first-order chi connectivity index (χ1) is 9.61. The van der Waals surface area contributed by atoms with Crippen LogP contribution in [0.3, 0.4) is 0 Å². The van der Waals surface area contributed by atoms with Gasteiger partial charge in [-0.1, -0.05) is 0 Å². The van der Waals surface area contributed by atoms with Crippen LogP contribution in [0.5, 0.6) is 0 Å². The van der Waals surface area contributed by atoms with Crippen molar-refractivity contribution in [3.05, 3.63) is 35.5 Å². The first-order valence-electron chi connectivity index (χ1n) is 6.72. The van der Waals surface area contributed by atoms with Crippen molar-refractivity contribution in [1.29, 1.82) is 0 Å². The van der Waals surface area contributed by atoms with Crippen LogP contribution < -0.4 is 5.32 Å². The minimum Gasteiger partial charge on any atom is -0.369 e. The van der Waals surface area contributed by atoms with Crippen molar-refractivity contribution >= 4 is 11.5 Å². The average molecular weight is 270 g/mol. The minimum atomic E-state index is 0.752. The lowest BCUT2D eigenvalue weighted by molar-refractivity contribution is 0.803. The Labute approximate surface area is 117 Å². The Kier molecular flexibility index (Phi) is 2.93. The molecule has 0 aliphatic heterocycles. The Morgan fingerprint density at radius 1 is 1.25 bits per heavy atom. The van der Waals surface area contributed by atoms with E-state index in [0.717, 1.165) is 35.2 Å². The highest BCUT2D eigenvalue weighted by atomic mass is 15.3. The number of anilines is 1. The zero-order valence-electron chi connectivity index (χ0n) is 12.2. The molecule has 3 aromatic rings. The van der Waals surface area contributed by atoms with E-state index >= 15 is 0 Å². The summed E-state index contributed by atoms with van der Waals surface area (Å²) in [5, 5.41) is 7.82. The van der Waals surface area contributed by atoms with Crippen molar-refractivity contribution in [2.75, 3.05) is 11.9 Å². The van der Waals surface area contributed by atoms with E-state index in [-0.39, 0.29) is 0 Å². The molecule has 0 unspecified atom stereocenters. The summed E-state index contributed by atoms with van der Waals surface area (Å²) in [5.74, 6) is 1.57. The van der Waals surface area contributed by atoms with Crippen LogP contribution >= 0.6 is 0 Å². The monoisotopic (exact) mass is 270 g/mol. The standard InChI is InChI=1S/C14H18N6/c1-5-15-12-8-19-7-6-16-13(19)14(17-12)20-11(4)9(2)10(3)18-20/h6-8,15H,5H2,1-4H3. The van der Waals surface area contributed by atoms with Gasteiger partial charge in [-0.05, 0) is 33.3 Å². The van der Waals surface area contributed by atoms with Crippen LogP contribution in [-0.4, -0.2) is 30.7 Å². The van der Waals surface area contributed by atoms with Crippen LogP contribution in [0, 0.1) is 20.8 Å². The minimum absolute atomic E-state index is 0.752. The van der Waals surface area contributed by atoms with Gasteiger partial charge in [-0.3, -0.25) is 0 Å². The number of nitrogens with zero attached hydrogens (tertiary/aromatic N) is 5. The molecule has 0 aliphatic carbocycles. The average Bonchev–Trinajstić information content (AvgIpc) is 2.99. The van der Waals surface area contributed by atoms with Crippen LogP contribution in [0.2, 0.25) is 0 Å². The van der Waals surface area contributed by atoms with Crippen LogP contribution in [0.15, 0.2) is 18.6 Å². The molecule has 0 saturated heterocycles. The molecule has 3 heterocycles. The topological polar surface area (TPSA) is 60.0 Å². The van der Waals surface area contributed by atoms with Gasteiger partial charge < -0.3 is 9.72 Å². The molecule has 3 rings (SSSR count). The summed E-state index contributed by atoms with van der Waals surface area (Å²) in [6, 6.07) is 0. The maximum absolute atomic E-state index is 4.65. The van der Waals surface area contributed by atoms with Crippen LogP contribution in [0.1, 0.15) is 23.9 Å². The van der Waals surface area contributed by atoms with Crippen molar-refractivity contribution < 1.29 is 0 Å². The van der Waals surface area contributed by atoms with Gasteiger partial charge in [-0.15, -0.1) is 0 Å². The molecular formula is C14H18N6. The number of aromatic nitrogens is 5. The molecule has 0 amide bonds. The number of rotatable bonds is 3. The Bertz CT molecular complexity index is 767. The zero-order chi connectivity index (χ0) is 14.3. The van der Waals surface area contributed by atoms with Gasteiger partial charge in [0, 0.05) is 24.6 Å². The number of imidazole rings is 1. The molecule has 0 fully saturated rings. The molecule has 3 aromatic heterocycles. The third-order valence-electron chi connectivity index (χ3n) is 3.57. The Hall–Kier alpha value is -2.37. The third kappa shape index (κ3) is 1.84. The fourth-order valence-electron chi connectivity index (χ4n) is 2.25. The summed E-state index contributed by atoms with van der Waals surface area (Å²) in [7, 11) is 0. The predicted molar refractivity (Wildman–Crippen MR) is 78.5 cm³/mol. The molecule has 0 radical (unpaired) electrons. The molecule has 6 nitrogen and oxygen atoms in total. The second-order valence-corrected chi connectivity index (χ2v) is 4.85. The summed E-state index contributed by atoms with van der Waals surface area (Å²) in [5.41, 5.74) is 4.10. The fourth-order valence-corrected chi connectivity index (χ4v) is 2.25. The van der Waals surface area contributed by atoms with Crippen LogP contribution in [0.4, 0.5) is 5.82 Å². The van der Waals surface area contributed by atoms with E-state index in [4.69, 9.17) is 0 Å². The summed E-state index contributed by atoms with van der Waals surface area (Å²) < 4.78 is 3.83. The third-order valence-corrected chi connectivity index (χ3v) is 3.57. The van der Waals surface area contributed by atoms with Crippen molar-refractivity contribution in [2.24, 2.45) is 0 Å². The Morgan fingerprint density at radius 3 is 2.70 bits per heavy atom. The Balaban J connectivity index is 2.28. The van der Waals surface area contributed by atoms with Crippen molar-refractivity contribution in [3.8, 4) is 5.82 Å².